The Labute approximate surface area is 126 Å². The number of carbonyl (C=O) groups is 1. The first-order chi connectivity index (χ1) is 9.26. The van der Waals surface area contributed by atoms with Crippen LogP contribution in [-0.4, -0.2) is 35.7 Å². The molecule has 4 heteroatoms. The van der Waals surface area contributed by atoms with Gasteiger partial charge in [-0.15, -0.1) is 23.2 Å². The summed E-state index contributed by atoms with van der Waals surface area (Å²) in [5.41, 5.74) is 0. The molecular weight excluding hydrogens is 281 g/mol. The molecular formula is C15H25Cl2NO. The second-order valence-corrected chi connectivity index (χ2v) is 6.77. The van der Waals surface area contributed by atoms with E-state index in [1.807, 2.05) is 4.90 Å². The Hall–Kier alpha value is 0.0500. The van der Waals surface area contributed by atoms with Crippen molar-refractivity contribution in [2.45, 2.75) is 44.9 Å². The molecule has 0 saturated heterocycles. The van der Waals surface area contributed by atoms with Crippen LogP contribution in [0.4, 0.5) is 0 Å². The molecule has 0 bridgehead atoms. The van der Waals surface area contributed by atoms with Crippen molar-refractivity contribution < 1.29 is 4.79 Å². The monoisotopic (exact) mass is 305 g/mol. The quantitative estimate of drug-likeness (QED) is 0.705. The van der Waals surface area contributed by atoms with Crippen LogP contribution in [0.25, 0.3) is 0 Å². The molecule has 2 saturated carbocycles. The average Bonchev–Trinajstić information content (AvgIpc) is 2.46. The lowest BCUT2D eigenvalue weighted by molar-refractivity contribution is -0.137. The summed E-state index contributed by atoms with van der Waals surface area (Å²) in [6, 6.07) is 0. The Morgan fingerprint density at radius 3 is 2.21 bits per heavy atom. The van der Waals surface area contributed by atoms with Crippen LogP contribution >= 0.6 is 23.2 Å². The van der Waals surface area contributed by atoms with Gasteiger partial charge >= 0.3 is 0 Å². The first-order valence-corrected chi connectivity index (χ1v) is 8.74. The van der Waals surface area contributed by atoms with Gasteiger partial charge < -0.3 is 4.90 Å². The van der Waals surface area contributed by atoms with Crippen molar-refractivity contribution >= 4 is 29.1 Å². The van der Waals surface area contributed by atoms with Crippen LogP contribution in [0.1, 0.15) is 44.9 Å². The van der Waals surface area contributed by atoms with E-state index < -0.39 is 0 Å². The highest BCUT2D eigenvalue weighted by molar-refractivity contribution is 6.18. The van der Waals surface area contributed by atoms with Gasteiger partial charge in [-0.3, -0.25) is 4.79 Å². The highest BCUT2D eigenvalue weighted by atomic mass is 35.5. The molecule has 0 heterocycles. The van der Waals surface area contributed by atoms with E-state index in [0.717, 1.165) is 24.7 Å². The molecule has 2 fully saturated rings. The number of amides is 1. The van der Waals surface area contributed by atoms with Crippen molar-refractivity contribution in [2.24, 2.45) is 17.8 Å². The molecule has 2 rings (SSSR count). The minimum atomic E-state index is 0.228. The number of carbonyl (C=O) groups excluding carboxylic acids is 1. The maximum atomic E-state index is 12.6. The van der Waals surface area contributed by atoms with Gasteiger partial charge in [-0.2, -0.15) is 0 Å². The summed E-state index contributed by atoms with van der Waals surface area (Å²) in [4.78, 5) is 14.4. The molecule has 1 amide bonds. The van der Waals surface area contributed by atoms with Crippen LogP contribution in [-0.2, 0) is 4.79 Å². The smallest absolute Gasteiger partial charge is 0.225 e. The third-order valence-corrected chi connectivity index (χ3v) is 5.25. The molecule has 2 aliphatic carbocycles. The molecule has 3 atom stereocenters. The maximum Gasteiger partial charge on any atom is 0.225 e. The fourth-order valence-electron chi connectivity index (χ4n) is 3.89. The van der Waals surface area contributed by atoms with Gasteiger partial charge in [-0.05, 0) is 31.1 Å². The van der Waals surface area contributed by atoms with Gasteiger partial charge in [0.15, 0.2) is 0 Å². The van der Waals surface area contributed by atoms with Gasteiger partial charge in [0, 0.05) is 30.8 Å². The lowest BCUT2D eigenvalue weighted by atomic mass is 9.67. The largest absolute Gasteiger partial charge is 0.340 e. The standard InChI is InChI=1S/C15H25Cl2NO/c16-7-9-18(10-8-17)15(19)14-6-5-12-3-1-2-4-13(12)11-14/h12-14H,1-11H2. The third-order valence-electron chi connectivity index (χ3n) is 4.91. The SMILES string of the molecule is O=C(C1CCC2CCCCC2C1)N(CCCl)CCCl. The van der Waals surface area contributed by atoms with E-state index in [2.05, 4.69) is 0 Å². The third kappa shape index (κ3) is 4.01. The minimum absolute atomic E-state index is 0.228. The zero-order valence-corrected chi connectivity index (χ0v) is 13.1. The topological polar surface area (TPSA) is 20.3 Å². The Morgan fingerprint density at radius 1 is 0.947 bits per heavy atom. The Bertz CT molecular complexity index is 292. The second kappa shape index (κ2) is 7.73. The first-order valence-electron chi connectivity index (χ1n) is 7.67. The molecule has 0 N–H and O–H groups in total. The van der Waals surface area contributed by atoms with E-state index in [0.29, 0.717) is 30.8 Å². The fraction of sp³-hybridized carbons (Fsp3) is 0.933. The molecule has 19 heavy (non-hydrogen) atoms. The molecule has 0 spiro atoms. The van der Waals surface area contributed by atoms with Gasteiger partial charge in [0.1, 0.15) is 0 Å². The zero-order valence-electron chi connectivity index (χ0n) is 11.6. The van der Waals surface area contributed by atoms with Crippen molar-refractivity contribution in [3.63, 3.8) is 0 Å². The van der Waals surface area contributed by atoms with Crippen LogP contribution < -0.4 is 0 Å². The van der Waals surface area contributed by atoms with Gasteiger partial charge in [0.2, 0.25) is 5.91 Å². The Kier molecular flexibility index (Phi) is 6.28. The van der Waals surface area contributed by atoms with Crippen LogP contribution in [0.3, 0.4) is 0 Å². The number of nitrogens with zero attached hydrogens (tertiary/aromatic N) is 1. The summed E-state index contributed by atoms with van der Waals surface area (Å²) in [5, 5.41) is 0. The number of hydrogen-bond acceptors (Lipinski definition) is 1. The van der Waals surface area contributed by atoms with Crippen molar-refractivity contribution in [3.05, 3.63) is 0 Å². The normalized spacial score (nSPS) is 30.7. The Morgan fingerprint density at radius 2 is 1.58 bits per heavy atom. The number of halogens is 2. The van der Waals surface area contributed by atoms with Gasteiger partial charge in [-0.1, -0.05) is 25.7 Å². The second-order valence-electron chi connectivity index (χ2n) is 6.02. The van der Waals surface area contributed by atoms with E-state index in [9.17, 15) is 4.79 Å². The molecule has 0 aromatic heterocycles. The molecule has 2 nitrogen and oxygen atoms in total. The first kappa shape index (κ1) is 15.4. The van der Waals surface area contributed by atoms with Crippen LogP contribution in [0.5, 0.6) is 0 Å². The lowest BCUT2D eigenvalue weighted by Crippen LogP contribution is -2.42. The molecule has 3 unspecified atom stereocenters. The average molecular weight is 306 g/mol. The van der Waals surface area contributed by atoms with Crippen molar-refractivity contribution in [2.75, 3.05) is 24.8 Å². The summed E-state index contributed by atoms with van der Waals surface area (Å²) in [6.07, 6.45) is 8.89. The van der Waals surface area contributed by atoms with Crippen molar-refractivity contribution in [1.29, 1.82) is 0 Å². The summed E-state index contributed by atoms with van der Waals surface area (Å²) in [5.74, 6) is 3.22. The molecule has 0 radical (unpaired) electrons. The highest BCUT2D eigenvalue weighted by Crippen LogP contribution is 2.43. The maximum absolute atomic E-state index is 12.6. The fourth-order valence-corrected chi connectivity index (χ4v) is 4.30. The predicted octanol–water partition coefficient (Wildman–Crippen LogP) is 3.90. The number of fused-ring (bicyclic) bond motifs is 1. The Balaban J connectivity index is 1.91. The highest BCUT2D eigenvalue weighted by Gasteiger charge is 2.36. The predicted molar refractivity (Wildman–Crippen MR) is 80.8 cm³/mol. The van der Waals surface area contributed by atoms with E-state index in [4.69, 9.17) is 23.2 Å². The molecule has 0 aromatic rings. The van der Waals surface area contributed by atoms with Crippen LogP contribution in [0.15, 0.2) is 0 Å². The minimum Gasteiger partial charge on any atom is -0.340 e. The van der Waals surface area contributed by atoms with Gasteiger partial charge in [0.25, 0.3) is 0 Å². The summed E-state index contributed by atoms with van der Waals surface area (Å²) < 4.78 is 0. The summed E-state index contributed by atoms with van der Waals surface area (Å²) in [6.45, 7) is 1.27. The van der Waals surface area contributed by atoms with Crippen LogP contribution in [0, 0.1) is 17.8 Å². The number of hydrogen-bond donors (Lipinski definition) is 0. The zero-order chi connectivity index (χ0) is 13.7. The van der Waals surface area contributed by atoms with Crippen molar-refractivity contribution in [3.8, 4) is 0 Å². The molecule has 110 valence electrons. The summed E-state index contributed by atoms with van der Waals surface area (Å²) >= 11 is 11.6. The molecule has 2 aliphatic rings. The van der Waals surface area contributed by atoms with Gasteiger partial charge in [-0.25, -0.2) is 0 Å². The molecule has 0 aliphatic heterocycles. The van der Waals surface area contributed by atoms with E-state index >= 15 is 0 Å². The van der Waals surface area contributed by atoms with E-state index in [1.165, 1.54) is 32.1 Å². The summed E-state index contributed by atoms with van der Waals surface area (Å²) in [7, 11) is 0. The van der Waals surface area contributed by atoms with Gasteiger partial charge in [0.05, 0.1) is 0 Å². The van der Waals surface area contributed by atoms with E-state index in [-0.39, 0.29) is 5.92 Å². The number of rotatable bonds is 5. The van der Waals surface area contributed by atoms with E-state index in [1.54, 1.807) is 0 Å². The lowest BCUT2D eigenvalue weighted by Gasteiger charge is -2.40. The number of alkyl halides is 2. The molecule has 0 aromatic carbocycles. The van der Waals surface area contributed by atoms with Crippen LogP contribution in [0.2, 0.25) is 0 Å². The van der Waals surface area contributed by atoms with Crippen molar-refractivity contribution in [1.82, 2.24) is 4.90 Å².